The number of likely N-dealkylation sites (tertiary alicyclic amines) is 1. The monoisotopic (exact) mass is 463 g/mol. The van der Waals surface area contributed by atoms with Crippen LogP contribution in [0.15, 0.2) is 40.6 Å². The summed E-state index contributed by atoms with van der Waals surface area (Å²) < 4.78 is 33.2. The Labute approximate surface area is 188 Å². The smallest absolute Gasteiger partial charge is 0.246 e. The van der Waals surface area contributed by atoms with E-state index in [0.29, 0.717) is 24.5 Å². The fraction of sp³-hybridized carbons (Fsp3) is 0.500. The molecule has 1 aromatic heterocycles. The van der Waals surface area contributed by atoms with Gasteiger partial charge >= 0.3 is 0 Å². The van der Waals surface area contributed by atoms with Crippen LogP contribution in [0.1, 0.15) is 43.0 Å². The lowest BCUT2D eigenvalue weighted by Gasteiger charge is -2.27. The molecule has 2 aliphatic rings. The lowest BCUT2D eigenvalue weighted by atomic mass is 10.2. The fourth-order valence-electron chi connectivity index (χ4n) is 4.40. The highest BCUT2D eigenvalue weighted by atomic mass is 32.2. The maximum Gasteiger partial charge on any atom is 0.246 e. The van der Waals surface area contributed by atoms with Crippen molar-refractivity contribution in [1.82, 2.24) is 9.21 Å². The van der Waals surface area contributed by atoms with Gasteiger partial charge in [-0.25, -0.2) is 8.42 Å². The van der Waals surface area contributed by atoms with Crippen molar-refractivity contribution in [3.05, 3.63) is 40.6 Å². The summed E-state index contributed by atoms with van der Waals surface area (Å²) in [6, 6.07) is 9.24. The van der Waals surface area contributed by atoms with Crippen molar-refractivity contribution in [2.75, 3.05) is 38.6 Å². The number of carbonyl (C=O) groups is 1. The Balaban J connectivity index is 1.48. The molecule has 3 heterocycles. The Morgan fingerprint density at radius 3 is 2.68 bits per heavy atom. The first-order chi connectivity index (χ1) is 15.0. The van der Waals surface area contributed by atoms with E-state index in [2.05, 4.69) is 21.7 Å². The lowest BCUT2D eigenvalue weighted by molar-refractivity contribution is -0.117. The maximum atomic E-state index is 13.2. The number of anilines is 1. The van der Waals surface area contributed by atoms with E-state index in [1.807, 2.05) is 6.07 Å². The molecule has 1 amide bonds. The summed E-state index contributed by atoms with van der Waals surface area (Å²) in [5.41, 5.74) is 0.466. The molecule has 2 saturated heterocycles. The van der Waals surface area contributed by atoms with Crippen molar-refractivity contribution >= 4 is 33.0 Å². The molecule has 1 N–H and O–H groups in total. The van der Waals surface area contributed by atoms with Crippen molar-refractivity contribution in [3.63, 3.8) is 0 Å². The molecule has 0 radical (unpaired) electrons. The molecule has 0 bridgehead atoms. The van der Waals surface area contributed by atoms with Crippen LogP contribution in [-0.4, -0.2) is 56.8 Å². The molecule has 7 nitrogen and oxygen atoms in total. The van der Waals surface area contributed by atoms with Gasteiger partial charge in [-0.3, -0.25) is 9.69 Å². The number of benzene rings is 1. The van der Waals surface area contributed by atoms with Crippen LogP contribution in [0, 0.1) is 0 Å². The Morgan fingerprint density at radius 1 is 1.16 bits per heavy atom. The number of hydrogen-bond donors (Lipinski definition) is 1. The maximum absolute atomic E-state index is 13.2. The molecule has 0 saturated carbocycles. The van der Waals surface area contributed by atoms with E-state index >= 15 is 0 Å². The first kappa shape index (κ1) is 22.3. The number of sulfonamides is 1. The van der Waals surface area contributed by atoms with Gasteiger partial charge in [0.25, 0.3) is 0 Å². The van der Waals surface area contributed by atoms with Crippen LogP contribution in [0.3, 0.4) is 0 Å². The molecule has 2 aromatic rings. The SMILES string of the molecule is COc1ccc(NC(=O)CN2CCC[C@@H]2c2cccs2)cc1S(=O)(=O)N1CCCCC1. The summed E-state index contributed by atoms with van der Waals surface area (Å²) in [5.74, 6) is 0.149. The molecule has 4 rings (SSSR count). The number of amides is 1. The minimum atomic E-state index is -3.68. The Morgan fingerprint density at radius 2 is 1.97 bits per heavy atom. The minimum Gasteiger partial charge on any atom is -0.495 e. The first-order valence-electron chi connectivity index (χ1n) is 10.7. The van der Waals surface area contributed by atoms with E-state index in [0.717, 1.165) is 38.6 Å². The van der Waals surface area contributed by atoms with E-state index in [1.165, 1.54) is 22.4 Å². The highest BCUT2D eigenvalue weighted by Gasteiger charge is 2.30. The Bertz CT molecular complexity index is 1000. The number of piperidine rings is 1. The summed E-state index contributed by atoms with van der Waals surface area (Å²) in [7, 11) is -2.22. The second kappa shape index (κ2) is 9.68. The lowest BCUT2D eigenvalue weighted by Crippen LogP contribution is -2.36. The molecule has 9 heteroatoms. The van der Waals surface area contributed by atoms with Gasteiger partial charge in [0.15, 0.2) is 0 Å². The molecule has 168 valence electrons. The Kier molecular flexibility index (Phi) is 6.95. The van der Waals surface area contributed by atoms with Gasteiger partial charge in [0, 0.05) is 29.7 Å². The molecule has 2 fully saturated rings. The van der Waals surface area contributed by atoms with Gasteiger partial charge in [0.2, 0.25) is 15.9 Å². The second-order valence-corrected chi connectivity index (χ2v) is 10.9. The van der Waals surface area contributed by atoms with Crippen LogP contribution in [0.25, 0.3) is 0 Å². The zero-order chi connectivity index (χ0) is 21.8. The fourth-order valence-corrected chi connectivity index (χ4v) is 7.00. The third-order valence-corrected chi connectivity index (χ3v) is 8.86. The van der Waals surface area contributed by atoms with E-state index in [-0.39, 0.29) is 23.4 Å². The number of nitrogens with one attached hydrogen (secondary N) is 1. The van der Waals surface area contributed by atoms with Crippen molar-refractivity contribution in [2.24, 2.45) is 0 Å². The number of thiophene rings is 1. The van der Waals surface area contributed by atoms with Crippen LogP contribution in [0.5, 0.6) is 5.75 Å². The minimum absolute atomic E-state index is 0.104. The van der Waals surface area contributed by atoms with Gasteiger partial charge in [-0.2, -0.15) is 4.31 Å². The van der Waals surface area contributed by atoms with Crippen LogP contribution < -0.4 is 10.1 Å². The van der Waals surface area contributed by atoms with Crippen LogP contribution >= 0.6 is 11.3 Å². The molecule has 1 atom stereocenters. The molecule has 31 heavy (non-hydrogen) atoms. The molecular weight excluding hydrogens is 434 g/mol. The quantitative estimate of drug-likeness (QED) is 0.677. The number of rotatable bonds is 7. The summed E-state index contributed by atoms with van der Waals surface area (Å²) in [6.07, 6.45) is 4.88. The number of ether oxygens (including phenoxy) is 1. The Hall–Kier alpha value is -1.94. The van der Waals surface area contributed by atoms with Crippen LogP contribution in [0.4, 0.5) is 5.69 Å². The molecule has 0 unspecified atom stereocenters. The third kappa shape index (κ3) is 4.95. The van der Waals surface area contributed by atoms with Crippen LogP contribution in [-0.2, 0) is 14.8 Å². The number of nitrogens with zero attached hydrogens (tertiary/aromatic N) is 2. The first-order valence-corrected chi connectivity index (χ1v) is 13.1. The largest absolute Gasteiger partial charge is 0.495 e. The molecule has 1 aromatic carbocycles. The van der Waals surface area contributed by atoms with Gasteiger partial charge in [0.05, 0.1) is 13.7 Å². The molecule has 2 aliphatic heterocycles. The van der Waals surface area contributed by atoms with E-state index in [9.17, 15) is 13.2 Å². The number of hydrogen-bond acceptors (Lipinski definition) is 6. The second-order valence-electron chi connectivity index (χ2n) is 8.02. The van der Waals surface area contributed by atoms with E-state index in [1.54, 1.807) is 23.5 Å². The van der Waals surface area contributed by atoms with Gasteiger partial charge < -0.3 is 10.1 Å². The highest BCUT2D eigenvalue weighted by Crippen LogP contribution is 2.34. The van der Waals surface area contributed by atoms with Gasteiger partial charge in [-0.15, -0.1) is 11.3 Å². The predicted octanol–water partition coefficient (Wildman–Crippen LogP) is 3.71. The van der Waals surface area contributed by atoms with Crippen molar-refractivity contribution in [2.45, 2.75) is 43.0 Å². The summed E-state index contributed by atoms with van der Waals surface area (Å²) in [6.45, 7) is 2.19. The summed E-state index contributed by atoms with van der Waals surface area (Å²) in [5, 5.41) is 4.95. The standard InChI is InChI=1S/C22H29N3O4S2/c1-29-19-10-9-17(15-21(19)31(27,28)25-12-3-2-4-13-25)23-22(26)16-24-11-5-7-18(24)20-8-6-14-30-20/h6,8-10,14-15,18H,2-5,7,11-13,16H2,1H3,(H,23,26)/t18-/m1/s1. The van der Waals surface area contributed by atoms with Gasteiger partial charge in [0.1, 0.15) is 10.6 Å². The predicted molar refractivity (Wildman–Crippen MR) is 122 cm³/mol. The van der Waals surface area contributed by atoms with Crippen molar-refractivity contribution < 1.29 is 17.9 Å². The van der Waals surface area contributed by atoms with Gasteiger partial charge in [-0.1, -0.05) is 12.5 Å². The summed E-state index contributed by atoms with van der Waals surface area (Å²) >= 11 is 1.72. The summed E-state index contributed by atoms with van der Waals surface area (Å²) in [4.78, 5) is 16.3. The van der Waals surface area contributed by atoms with Crippen molar-refractivity contribution in [3.8, 4) is 5.75 Å². The van der Waals surface area contributed by atoms with E-state index < -0.39 is 10.0 Å². The molecular formula is C22H29N3O4S2. The third-order valence-electron chi connectivity index (χ3n) is 5.96. The average molecular weight is 464 g/mol. The molecule has 0 aliphatic carbocycles. The number of carbonyl (C=O) groups excluding carboxylic acids is 1. The molecule has 0 spiro atoms. The topological polar surface area (TPSA) is 79.0 Å². The zero-order valence-electron chi connectivity index (χ0n) is 17.7. The van der Waals surface area contributed by atoms with Crippen molar-refractivity contribution in [1.29, 1.82) is 0 Å². The van der Waals surface area contributed by atoms with E-state index in [4.69, 9.17) is 4.74 Å². The number of methoxy groups -OCH3 is 1. The average Bonchev–Trinajstić information content (AvgIpc) is 3.46. The normalized spacial score (nSPS) is 20.6. The van der Waals surface area contributed by atoms with Crippen LogP contribution in [0.2, 0.25) is 0 Å². The zero-order valence-corrected chi connectivity index (χ0v) is 19.4. The van der Waals surface area contributed by atoms with Gasteiger partial charge in [-0.05, 0) is 61.9 Å². The highest BCUT2D eigenvalue weighted by molar-refractivity contribution is 7.89.